The van der Waals surface area contributed by atoms with Gasteiger partial charge in [0.2, 0.25) is 0 Å². The first-order chi connectivity index (χ1) is 8.74. The Labute approximate surface area is 109 Å². The zero-order valence-electron chi connectivity index (χ0n) is 11.0. The number of nitrogen functional groups attached to an aromatic ring is 1. The van der Waals surface area contributed by atoms with Gasteiger partial charge in [0, 0.05) is 5.69 Å². The van der Waals surface area contributed by atoms with Crippen LogP contribution in [0.2, 0.25) is 0 Å². The Morgan fingerprint density at radius 1 is 0.944 bits per heavy atom. The Balaban J connectivity index is 2.29. The molecule has 0 aliphatic carbocycles. The van der Waals surface area contributed by atoms with E-state index in [9.17, 15) is 0 Å². The molecule has 0 saturated carbocycles. The molecule has 1 atom stereocenters. The monoisotopic (exact) mass is 240 g/mol. The maximum absolute atomic E-state index is 5.72. The summed E-state index contributed by atoms with van der Waals surface area (Å²) in [6, 6.07) is 17.0. The van der Waals surface area contributed by atoms with Crippen LogP contribution in [0, 0.1) is 0 Å². The predicted octanol–water partition coefficient (Wildman–Crippen LogP) is 3.14. The van der Waals surface area contributed by atoms with Gasteiger partial charge in [0.15, 0.2) is 0 Å². The van der Waals surface area contributed by atoms with Gasteiger partial charge in [-0.1, -0.05) is 43.3 Å². The predicted molar refractivity (Wildman–Crippen MR) is 77.6 cm³/mol. The van der Waals surface area contributed by atoms with Gasteiger partial charge in [-0.15, -0.1) is 0 Å². The molecule has 0 fully saturated rings. The molecule has 0 radical (unpaired) electrons. The van der Waals surface area contributed by atoms with Gasteiger partial charge in [0.05, 0.1) is 6.04 Å². The Hall–Kier alpha value is -1.80. The summed E-state index contributed by atoms with van der Waals surface area (Å²) >= 11 is 0. The molecular formula is C16H20N2. The summed E-state index contributed by atoms with van der Waals surface area (Å²) in [5.41, 5.74) is 10.4. The van der Waals surface area contributed by atoms with Crippen molar-refractivity contribution in [2.75, 3.05) is 12.8 Å². The van der Waals surface area contributed by atoms with Crippen LogP contribution in [0.25, 0.3) is 0 Å². The van der Waals surface area contributed by atoms with Crippen LogP contribution in [0.4, 0.5) is 5.69 Å². The highest BCUT2D eigenvalue weighted by molar-refractivity contribution is 5.42. The standard InChI is InChI=1S/C16H20N2/c1-3-12-4-6-13(7-5-12)16(18-2)14-8-10-15(17)11-9-14/h4-11,16,18H,3,17H2,1-2H3. The fourth-order valence-electron chi connectivity index (χ4n) is 2.16. The van der Waals surface area contributed by atoms with Gasteiger partial charge in [-0.25, -0.2) is 0 Å². The molecule has 2 heteroatoms. The summed E-state index contributed by atoms with van der Waals surface area (Å²) < 4.78 is 0. The van der Waals surface area contributed by atoms with Crippen molar-refractivity contribution in [2.24, 2.45) is 0 Å². The Bertz CT molecular complexity index is 486. The second-order valence-electron chi connectivity index (χ2n) is 4.48. The minimum absolute atomic E-state index is 0.219. The van der Waals surface area contributed by atoms with Crippen molar-refractivity contribution in [1.82, 2.24) is 5.32 Å². The average Bonchev–Trinajstić information content (AvgIpc) is 2.42. The summed E-state index contributed by atoms with van der Waals surface area (Å²) in [6.45, 7) is 2.17. The number of anilines is 1. The van der Waals surface area contributed by atoms with Gasteiger partial charge < -0.3 is 11.1 Å². The average molecular weight is 240 g/mol. The quantitative estimate of drug-likeness (QED) is 0.806. The van der Waals surface area contributed by atoms with E-state index >= 15 is 0 Å². The Morgan fingerprint density at radius 3 is 1.89 bits per heavy atom. The van der Waals surface area contributed by atoms with Crippen LogP contribution in [0.15, 0.2) is 48.5 Å². The van der Waals surface area contributed by atoms with Gasteiger partial charge in [-0.2, -0.15) is 0 Å². The molecule has 0 bridgehead atoms. The summed E-state index contributed by atoms with van der Waals surface area (Å²) in [6.07, 6.45) is 1.08. The van der Waals surface area contributed by atoms with E-state index in [1.54, 1.807) is 0 Å². The molecule has 2 rings (SSSR count). The number of hydrogen-bond donors (Lipinski definition) is 2. The smallest absolute Gasteiger partial charge is 0.0574 e. The van der Waals surface area contributed by atoms with Crippen LogP contribution >= 0.6 is 0 Å². The number of nitrogens with two attached hydrogens (primary N) is 1. The molecule has 0 spiro atoms. The van der Waals surface area contributed by atoms with E-state index in [0.717, 1.165) is 12.1 Å². The van der Waals surface area contributed by atoms with Gasteiger partial charge >= 0.3 is 0 Å². The maximum atomic E-state index is 5.72. The number of hydrogen-bond acceptors (Lipinski definition) is 2. The lowest BCUT2D eigenvalue weighted by atomic mass is 9.97. The van der Waals surface area contributed by atoms with Crippen LogP contribution < -0.4 is 11.1 Å². The van der Waals surface area contributed by atoms with Crippen molar-refractivity contribution in [3.8, 4) is 0 Å². The molecule has 2 nitrogen and oxygen atoms in total. The fourth-order valence-corrected chi connectivity index (χ4v) is 2.16. The lowest BCUT2D eigenvalue weighted by Crippen LogP contribution is -2.17. The highest BCUT2D eigenvalue weighted by atomic mass is 14.9. The molecule has 0 amide bonds. The number of rotatable bonds is 4. The summed E-state index contributed by atoms with van der Waals surface area (Å²) in [5.74, 6) is 0. The Kier molecular flexibility index (Phi) is 4.00. The lowest BCUT2D eigenvalue weighted by Gasteiger charge is -2.17. The normalized spacial score (nSPS) is 12.3. The zero-order valence-corrected chi connectivity index (χ0v) is 11.0. The highest BCUT2D eigenvalue weighted by Crippen LogP contribution is 2.23. The topological polar surface area (TPSA) is 38.0 Å². The van der Waals surface area contributed by atoms with E-state index in [1.165, 1.54) is 16.7 Å². The molecule has 94 valence electrons. The third kappa shape index (κ3) is 2.71. The molecule has 0 aliphatic rings. The second kappa shape index (κ2) is 5.69. The van der Waals surface area contributed by atoms with Crippen LogP contribution in [-0.2, 0) is 6.42 Å². The van der Waals surface area contributed by atoms with Crippen molar-refractivity contribution < 1.29 is 0 Å². The summed E-state index contributed by atoms with van der Waals surface area (Å²) in [7, 11) is 1.98. The maximum Gasteiger partial charge on any atom is 0.0574 e. The molecule has 0 saturated heterocycles. The van der Waals surface area contributed by atoms with Gasteiger partial charge in [-0.05, 0) is 42.3 Å². The van der Waals surface area contributed by atoms with Gasteiger partial charge in [-0.3, -0.25) is 0 Å². The largest absolute Gasteiger partial charge is 0.399 e. The SMILES string of the molecule is CCc1ccc(C(NC)c2ccc(N)cc2)cc1. The molecule has 0 heterocycles. The molecule has 2 aromatic rings. The van der Waals surface area contributed by atoms with E-state index in [-0.39, 0.29) is 6.04 Å². The first kappa shape index (κ1) is 12.7. The van der Waals surface area contributed by atoms with E-state index in [2.05, 4.69) is 48.6 Å². The van der Waals surface area contributed by atoms with Crippen LogP contribution in [0.3, 0.4) is 0 Å². The lowest BCUT2D eigenvalue weighted by molar-refractivity contribution is 0.691. The van der Waals surface area contributed by atoms with Crippen molar-refractivity contribution in [3.63, 3.8) is 0 Å². The fraction of sp³-hybridized carbons (Fsp3) is 0.250. The van der Waals surface area contributed by atoms with Crippen molar-refractivity contribution >= 4 is 5.69 Å². The Morgan fingerprint density at radius 2 is 1.44 bits per heavy atom. The van der Waals surface area contributed by atoms with E-state index in [1.807, 2.05) is 19.2 Å². The molecule has 1 unspecified atom stereocenters. The molecule has 0 aromatic heterocycles. The molecule has 3 N–H and O–H groups in total. The number of nitrogens with one attached hydrogen (secondary N) is 1. The van der Waals surface area contributed by atoms with Gasteiger partial charge in [0.25, 0.3) is 0 Å². The minimum Gasteiger partial charge on any atom is -0.399 e. The van der Waals surface area contributed by atoms with Crippen molar-refractivity contribution in [3.05, 3.63) is 65.2 Å². The van der Waals surface area contributed by atoms with Crippen molar-refractivity contribution in [1.29, 1.82) is 0 Å². The van der Waals surface area contributed by atoms with E-state index in [0.29, 0.717) is 0 Å². The number of benzene rings is 2. The molecule has 0 aliphatic heterocycles. The summed E-state index contributed by atoms with van der Waals surface area (Å²) in [5, 5.41) is 3.35. The van der Waals surface area contributed by atoms with Crippen LogP contribution in [0.1, 0.15) is 29.7 Å². The molecule has 2 aromatic carbocycles. The third-order valence-electron chi connectivity index (χ3n) is 3.28. The molecular weight excluding hydrogens is 220 g/mol. The van der Waals surface area contributed by atoms with E-state index in [4.69, 9.17) is 5.73 Å². The molecule has 18 heavy (non-hydrogen) atoms. The summed E-state index contributed by atoms with van der Waals surface area (Å²) in [4.78, 5) is 0. The number of aryl methyl sites for hydroxylation is 1. The van der Waals surface area contributed by atoms with Crippen LogP contribution in [0.5, 0.6) is 0 Å². The first-order valence-electron chi connectivity index (χ1n) is 6.36. The minimum atomic E-state index is 0.219. The van der Waals surface area contributed by atoms with E-state index < -0.39 is 0 Å². The van der Waals surface area contributed by atoms with Crippen LogP contribution in [-0.4, -0.2) is 7.05 Å². The van der Waals surface area contributed by atoms with Gasteiger partial charge in [0.1, 0.15) is 0 Å². The highest BCUT2D eigenvalue weighted by Gasteiger charge is 2.11. The van der Waals surface area contributed by atoms with Crippen molar-refractivity contribution in [2.45, 2.75) is 19.4 Å². The third-order valence-corrected chi connectivity index (χ3v) is 3.28. The zero-order chi connectivity index (χ0) is 13.0. The second-order valence-corrected chi connectivity index (χ2v) is 4.48. The first-order valence-corrected chi connectivity index (χ1v) is 6.36.